The minimum Gasteiger partial charge on any atom is -0.356 e. The number of fused-ring (bicyclic) bond motifs is 2. The Morgan fingerprint density at radius 1 is 0.435 bits per heavy atom. The van der Waals surface area contributed by atoms with E-state index in [1.54, 1.807) is 0 Å². The number of hydrogen-bond donors (Lipinski definition) is 3. The van der Waals surface area contributed by atoms with E-state index in [1.165, 1.54) is 180 Å². The number of hydrogen-bond acceptors (Lipinski definition) is 3. The minimum atomic E-state index is -0.803. The van der Waals surface area contributed by atoms with E-state index in [2.05, 4.69) is 35.9 Å². The van der Waals surface area contributed by atoms with Crippen molar-refractivity contribution in [2.75, 3.05) is 13.1 Å². The van der Waals surface area contributed by atoms with Crippen LogP contribution in [-0.4, -0.2) is 36.9 Å². The first kappa shape index (κ1) is 52.9. The number of nitrogens with one attached hydrogen (secondary N) is 3. The smallest absolute Gasteiger partial charge is 0.253 e. The van der Waals surface area contributed by atoms with Gasteiger partial charge in [-0.15, -0.1) is 0 Å². The highest BCUT2D eigenvalue weighted by Crippen LogP contribution is 2.29. The summed E-state index contributed by atoms with van der Waals surface area (Å²) in [6.45, 7) is 5.79. The molecule has 0 saturated carbocycles. The molecule has 0 radical (unpaired) electrons. The van der Waals surface area contributed by atoms with Gasteiger partial charge in [-0.3, -0.25) is 14.4 Å². The van der Waals surface area contributed by atoms with E-state index in [4.69, 9.17) is 0 Å². The molecule has 62 heavy (non-hydrogen) atoms. The largest absolute Gasteiger partial charge is 0.356 e. The van der Waals surface area contributed by atoms with Crippen LogP contribution in [0.2, 0.25) is 0 Å². The summed E-state index contributed by atoms with van der Waals surface area (Å²) in [4.78, 5) is 40.8. The third-order valence-electron chi connectivity index (χ3n) is 13.0. The Bertz CT molecular complexity index is 1550. The predicted molar refractivity (Wildman–Crippen MR) is 267 cm³/mol. The molecule has 3 aromatic carbocycles. The van der Waals surface area contributed by atoms with Crippen molar-refractivity contribution < 1.29 is 14.4 Å². The Morgan fingerprint density at radius 3 is 1.16 bits per heavy atom. The van der Waals surface area contributed by atoms with Gasteiger partial charge >= 0.3 is 0 Å². The van der Waals surface area contributed by atoms with Crippen LogP contribution >= 0.6 is 0 Å². The normalized spacial score (nSPS) is 11.9. The van der Waals surface area contributed by atoms with Crippen LogP contribution in [0.5, 0.6) is 0 Å². The molecule has 6 heteroatoms. The number of benzene rings is 3. The van der Waals surface area contributed by atoms with Gasteiger partial charge in [0.1, 0.15) is 6.04 Å². The lowest BCUT2D eigenvalue weighted by atomic mass is 9.96. The maximum Gasteiger partial charge on any atom is 0.253 e. The topological polar surface area (TPSA) is 87.3 Å². The van der Waals surface area contributed by atoms with Crippen molar-refractivity contribution in [3.05, 3.63) is 60.2 Å². The van der Waals surface area contributed by atoms with Gasteiger partial charge < -0.3 is 16.0 Å². The van der Waals surface area contributed by atoms with E-state index in [9.17, 15) is 14.4 Å². The molecule has 1 atom stereocenters. The number of unbranched alkanes of at least 4 members (excludes halogenated alkanes) is 30. The Kier molecular flexibility index (Phi) is 30.7. The molecule has 0 aliphatic rings. The lowest BCUT2D eigenvalue weighted by Crippen LogP contribution is -2.47. The molecule has 0 heterocycles. The van der Waals surface area contributed by atoms with E-state index < -0.39 is 6.04 Å². The fourth-order valence-electron chi connectivity index (χ4n) is 9.03. The molecule has 0 bridgehead atoms. The maximum atomic E-state index is 14.1. The standard InChI is InChI=1S/C56H91N3O3/c1-3-5-7-9-11-13-15-17-19-21-23-25-27-29-31-37-45-57-53(60)44-43-52(59-56(62)54-50-41-35-33-39-48(50)47-49-40-34-36-42-51(49)54)55(61)58-46-38-32-30-28-26-24-22-20-18-16-14-12-10-8-6-4-2/h33-36,39-42,47,52H,3-32,37-38,43-46H2,1-2H3,(H,57,60)(H,58,61)(H,59,62)/t52-/m0/s1. The van der Waals surface area contributed by atoms with Crippen molar-refractivity contribution in [2.24, 2.45) is 0 Å². The van der Waals surface area contributed by atoms with Crippen LogP contribution in [-0.2, 0) is 9.59 Å². The second kappa shape index (κ2) is 36.0. The van der Waals surface area contributed by atoms with Crippen LogP contribution in [0.25, 0.3) is 21.5 Å². The number of carbonyl (C=O) groups excluding carboxylic acids is 3. The molecule has 3 rings (SSSR count). The zero-order valence-corrected chi connectivity index (χ0v) is 40.0. The fraction of sp³-hybridized carbons (Fsp3) is 0.696. The lowest BCUT2D eigenvalue weighted by Gasteiger charge is -2.20. The number of amides is 3. The van der Waals surface area contributed by atoms with Crippen molar-refractivity contribution in [1.82, 2.24) is 16.0 Å². The molecule has 0 fully saturated rings. The van der Waals surface area contributed by atoms with Crippen LogP contribution in [0.1, 0.15) is 243 Å². The van der Waals surface area contributed by atoms with E-state index in [0.29, 0.717) is 18.7 Å². The molecule has 0 spiro atoms. The zero-order valence-electron chi connectivity index (χ0n) is 40.0. The van der Waals surface area contributed by atoms with Gasteiger partial charge in [0.15, 0.2) is 0 Å². The zero-order chi connectivity index (χ0) is 44.1. The Hall–Kier alpha value is -3.41. The Balaban J connectivity index is 1.35. The third kappa shape index (κ3) is 23.9. The van der Waals surface area contributed by atoms with Gasteiger partial charge in [0.25, 0.3) is 5.91 Å². The molecule has 0 aromatic heterocycles. The summed E-state index contributed by atoms with van der Waals surface area (Å²) in [6.07, 6.45) is 42.5. The lowest BCUT2D eigenvalue weighted by molar-refractivity contribution is -0.124. The maximum absolute atomic E-state index is 14.1. The monoisotopic (exact) mass is 854 g/mol. The molecule has 0 saturated heterocycles. The summed E-state index contributed by atoms with van der Waals surface area (Å²) >= 11 is 0. The molecule has 0 unspecified atom stereocenters. The highest BCUT2D eigenvalue weighted by atomic mass is 16.2. The summed E-state index contributed by atoms with van der Waals surface area (Å²) in [5, 5.41) is 12.9. The number of rotatable bonds is 40. The molecular weight excluding hydrogens is 763 g/mol. The molecule has 3 amide bonds. The van der Waals surface area contributed by atoms with E-state index in [0.717, 1.165) is 47.2 Å². The molecule has 3 aromatic rings. The van der Waals surface area contributed by atoms with Gasteiger partial charge in [-0.25, -0.2) is 0 Å². The van der Waals surface area contributed by atoms with Crippen LogP contribution < -0.4 is 16.0 Å². The van der Waals surface area contributed by atoms with Gasteiger partial charge in [-0.2, -0.15) is 0 Å². The average Bonchev–Trinajstić information content (AvgIpc) is 3.28. The SMILES string of the molecule is CCCCCCCCCCCCCCCCCCNC(=O)CC[C@H](NC(=O)c1c2ccccc2cc2ccccc12)C(=O)NCCCCCCCCCCCCCCCCCC. The molecule has 6 nitrogen and oxygen atoms in total. The summed E-state index contributed by atoms with van der Waals surface area (Å²) in [7, 11) is 0. The molecular formula is C56H91N3O3. The van der Waals surface area contributed by atoms with Crippen LogP contribution in [0.3, 0.4) is 0 Å². The highest BCUT2D eigenvalue weighted by Gasteiger charge is 2.24. The van der Waals surface area contributed by atoms with Crippen LogP contribution in [0, 0.1) is 0 Å². The van der Waals surface area contributed by atoms with Crippen molar-refractivity contribution in [2.45, 2.75) is 238 Å². The van der Waals surface area contributed by atoms with Gasteiger partial charge in [-0.05, 0) is 46.9 Å². The second-order valence-electron chi connectivity index (χ2n) is 18.5. The van der Waals surface area contributed by atoms with Crippen molar-refractivity contribution in [3.8, 4) is 0 Å². The summed E-state index contributed by atoms with van der Waals surface area (Å²) in [6, 6.07) is 17.1. The van der Waals surface area contributed by atoms with E-state index >= 15 is 0 Å². The Morgan fingerprint density at radius 2 is 0.774 bits per heavy atom. The van der Waals surface area contributed by atoms with Crippen molar-refractivity contribution in [3.63, 3.8) is 0 Å². The van der Waals surface area contributed by atoms with Gasteiger partial charge in [0.2, 0.25) is 11.8 Å². The predicted octanol–water partition coefficient (Wildman–Crippen LogP) is 15.6. The van der Waals surface area contributed by atoms with Gasteiger partial charge in [0.05, 0.1) is 5.56 Å². The second-order valence-corrected chi connectivity index (χ2v) is 18.5. The van der Waals surface area contributed by atoms with E-state index in [1.807, 2.05) is 48.5 Å². The molecule has 0 aliphatic heterocycles. The van der Waals surface area contributed by atoms with Crippen molar-refractivity contribution in [1.29, 1.82) is 0 Å². The Labute approximate surface area is 379 Å². The van der Waals surface area contributed by atoms with E-state index in [-0.39, 0.29) is 30.6 Å². The fourth-order valence-corrected chi connectivity index (χ4v) is 9.03. The summed E-state index contributed by atoms with van der Waals surface area (Å²) in [5.41, 5.74) is 0.572. The van der Waals surface area contributed by atoms with Gasteiger partial charge in [-0.1, -0.05) is 255 Å². The minimum absolute atomic E-state index is 0.0635. The molecule has 348 valence electrons. The van der Waals surface area contributed by atoms with Crippen LogP contribution in [0.15, 0.2) is 54.6 Å². The quantitative estimate of drug-likeness (QED) is 0.0393. The first-order chi connectivity index (χ1) is 30.5. The van der Waals surface area contributed by atoms with Gasteiger partial charge in [0, 0.05) is 19.5 Å². The van der Waals surface area contributed by atoms with Crippen LogP contribution in [0.4, 0.5) is 0 Å². The summed E-state index contributed by atoms with van der Waals surface area (Å²) < 4.78 is 0. The highest BCUT2D eigenvalue weighted by molar-refractivity contribution is 6.18. The number of carbonyl (C=O) groups is 3. The molecule has 0 aliphatic carbocycles. The third-order valence-corrected chi connectivity index (χ3v) is 13.0. The summed E-state index contributed by atoms with van der Waals surface area (Å²) in [5.74, 6) is -0.560. The first-order valence-electron chi connectivity index (χ1n) is 26.3. The van der Waals surface area contributed by atoms with Crippen molar-refractivity contribution >= 4 is 39.3 Å². The molecule has 3 N–H and O–H groups in total. The average molecular weight is 854 g/mol. The first-order valence-corrected chi connectivity index (χ1v) is 26.3.